The quantitative estimate of drug-likeness (QED) is 0.859. The summed E-state index contributed by atoms with van der Waals surface area (Å²) >= 11 is 0. The number of aryl methyl sites for hydroxylation is 1. The third-order valence-corrected chi connectivity index (χ3v) is 4.59. The number of rotatable bonds is 5. The van der Waals surface area contributed by atoms with E-state index in [1.807, 2.05) is 13.8 Å². The zero-order valence-electron chi connectivity index (χ0n) is 14.4. The van der Waals surface area contributed by atoms with Crippen molar-refractivity contribution in [3.05, 3.63) is 17.5 Å². The molecule has 1 aliphatic rings. The Morgan fingerprint density at radius 2 is 1.67 bits per heavy atom. The van der Waals surface area contributed by atoms with E-state index in [-0.39, 0.29) is 29.0 Å². The summed E-state index contributed by atoms with van der Waals surface area (Å²) in [6.45, 7) is 5.75. The van der Waals surface area contributed by atoms with Gasteiger partial charge in [-0.05, 0) is 12.8 Å². The molecule has 1 saturated heterocycles. The Balaban J connectivity index is 2.05. The summed E-state index contributed by atoms with van der Waals surface area (Å²) in [4.78, 5) is 39.6. The molecule has 0 aliphatic carbocycles. The molecule has 24 heavy (non-hydrogen) atoms. The van der Waals surface area contributed by atoms with E-state index in [4.69, 9.17) is 0 Å². The Labute approximate surface area is 141 Å². The molecule has 132 valence electrons. The van der Waals surface area contributed by atoms with Crippen LogP contribution in [0.4, 0.5) is 0 Å². The summed E-state index contributed by atoms with van der Waals surface area (Å²) in [5, 5.41) is 13.0. The average Bonchev–Trinajstić information content (AvgIpc) is 2.97. The van der Waals surface area contributed by atoms with Gasteiger partial charge in [0.25, 0.3) is 5.91 Å². The summed E-state index contributed by atoms with van der Waals surface area (Å²) in [5.41, 5.74) is -0.0275. The SMILES string of the molecule is CCC(CC)C(=O)N1CCN(C(=O)c2c(C(=O)O)cnn2C)CC1. The highest BCUT2D eigenvalue weighted by atomic mass is 16.4. The summed E-state index contributed by atoms with van der Waals surface area (Å²) in [6, 6.07) is 0. The standard InChI is InChI=1S/C16H24N4O4/c1-4-11(5-2)14(21)19-6-8-20(9-7-19)15(22)13-12(16(23)24)10-17-18(13)3/h10-11H,4-9H2,1-3H3,(H,23,24). The molecule has 8 heteroatoms. The number of carboxylic acids is 1. The number of piperazine rings is 1. The second-order valence-electron chi connectivity index (χ2n) is 5.97. The lowest BCUT2D eigenvalue weighted by Gasteiger charge is -2.36. The first-order chi connectivity index (χ1) is 11.4. The molecule has 1 aromatic heterocycles. The van der Waals surface area contributed by atoms with Gasteiger partial charge in [-0.3, -0.25) is 14.3 Å². The third kappa shape index (κ3) is 3.42. The van der Waals surface area contributed by atoms with Gasteiger partial charge in [-0.2, -0.15) is 5.10 Å². The molecule has 1 N–H and O–H groups in total. The Bertz CT molecular complexity index is 628. The van der Waals surface area contributed by atoms with Crippen molar-refractivity contribution < 1.29 is 19.5 Å². The number of aromatic nitrogens is 2. The first kappa shape index (κ1) is 18.0. The van der Waals surface area contributed by atoms with Crippen LogP contribution in [0.3, 0.4) is 0 Å². The second kappa shape index (κ2) is 7.46. The lowest BCUT2D eigenvalue weighted by Crippen LogP contribution is -2.52. The van der Waals surface area contributed by atoms with Crippen LogP contribution < -0.4 is 0 Å². The highest BCUT2D eigenvalue weighted by Crippen LogP contribution is 2.16. The molecule has 2 heterocycles. The zero-order valence-corrected chi connectivity index (χ0v) is 14.4. The van der Waals surface area contributed by atoms with Crippen LogP contribution in [0.1, 0.15) is 47.5 Å². The van der Waals surface area contributed by atoms with Crippen LogP contribution in [0.2, 0.25) is 0 Å². The van der Waals surface area contributed by atoms with Crippen LogP contribution in [0.15, 0.2) is 6.20 Å². The van der Waals surface area contributed by atoms with Crippen LogP contribution in [-0.4, -0.2) is 68.6 Å². The number of carbonyl (C=O) groups is 3. The van der Waals surface area contributed by atoms with Gasteiger partial charge in [0.05, 0.1) is 6.20 Å². The Hall–Kier alpha value is -2.38. The van der Waals surface area contributed by atoms with Crippen LogP contribution in [0, 0.1) is 5.92 Å². The van der Waals surface area contributed by atoms with E-state index in [9.17, 15) is 19.5 Å². The van der Waals surface area contributed by atoms with Crippen molar-refractivity contribution in [2.24, 2.45) is 13.0 Å². The minimum absolute atomic E-state index is 0.0305. The van der Waals surface area contributed by atoms with E-state index in [0.717, 1.165) is 12.8 Å². The summed E-state index contributed by atoms with van der Waals surface area (Å²) in [7, 11) is 1.55. The number of carbonyl (C=O) groups excluding carboxylic acids is 2. The van der Waals surface area contributed by atoms with Crippen molar-refractivity contribution in [1.82, 2.24) is 19.6 Å². The number of amides is 2. The van der Waals surface area contributed by atoms with E-state index in [1.54, 1.807) is 16.8 Å². The lowest BCUT2D eigenvalue weighted by molar-refractivity contribution is -0.137. The highest BCUT2D eigenvalue weighted by Gasteiger charge is 2.31. The number of carboxylic acid groups (broad SMARTS) is 1. The van der Waals surface area contributed by atoms with Crippen LogP contribution in [0.5, 0.6) is 0 Å². The molecule has 0 unspecified atom stereocenters. The molecular weight excluding hydrogens is 312 g/mol. The number of hydrogen-bond acceptors (Lipinski definition) is 4. The van der Waals surface area contributed by atoms with E-state index < -0.39 is 5.97 Å². The van der Waals surface area contributed by atoms with Crippen LogP contribution >= 0.6 is 0 Å². The van der Waals surface area contributed by atoms with Crippen molar-refractivity contribution in [3.63, 3.8) is 0 Å². The summed E-state index contributed by atoms with van der Waals surface area (Å²) in [5.74, 6) is -1.36. The topological polar surface area (TPSA) is 95.7 Å². The molecule has 0 saturated carbocycles. The molecule has 0 radical (unpaired) electrons. The van der Waals surface area contributed by atoms with Gasteiger partial charge in [0, 0.05) is 39.1 Å². The lowest BCUT2D eigenvalue weighted by atomic mass is 10.0. The molecule has 0 aromatic carbocycles. The maximum Gasteiger partial charge on any atom is 0.339 e. The Morgan fingerprint density at radius 3 is 2.17 bits per heavy atom. The fourth-order valence-corrected chi connectivity index (χ4v) is 3.02. The van der Waals surface area contributed by atoms with Gasteiger partial charge in [-0.1, -0.05) is 13.8 Å². The van der Waals surface area contributed by atoms with E-state index in [2.05, 4.69) is 5.10 Å². The van der Waals surface area contributed by atoms with E-state index >= 15 is 0 Å². The zero-order chi connectivity index (χ0) is 17.9. The first-order valence-electron chi connectivity index (χ1n) is 8.24. The van der Waals surface area contributed by atoms with E-state index in [0.29, 0.717) is 26.2 Å². The normalized spacial score (nSPS) is 15.0. The molecule has 0 atom stereocenters. The fourth-order valence-electron chi connectivity index (χ4n) is 3.02. The monoisotopic (exact) mass is 336 g/mol. The van der Waals surface area contributed by atoms with Crippen molar-refractivity contribution in [2.75, 3.05) is 26.2 Å². The molecule has 8 nitrogen and oxygen atoms in total. The van der Waals surface area contributed by atoms with Crippen molar-refractivity contribution >= 4 is 17.8 Å². The summed E-state index contributed by atoms with van der Waals surface area (Å²) < 4.78 is 1.29. The van der Waals surface area contributed by atoms with Gasteiger partial charge in [0.15, 0.2) is 0 Å². The molecule has 1 aromatic rings. The van der Waals surface area contributed by atoms with Crippen molar-refractivity contribution in [2.45, 2.75) is 26.7 Å². The third-order valence-electron chi connectivity index (χ3n) is 4.59. The molecule has 0 spiro atoms. The van der Waals surface area contributed by atoms with Gasteiger partial charge in [-0.15, -0.1) is 0 Å². The maximum atomic E-state index is 12.6. The van der Waals surface area contributed by atoms with Crippen molar-refractivity contribution in [1.29, 1.82) is 0 Å². The predicted molar refractivity (Wildman–Crippen MR) is 86.7 cm³/mol. The van der Waals surface area contributed by atoms with Gasteiger partial charge in [-0.25, -0.2) is 4.79 Å². The highest BCUT2D eigenvalue weighted by molar-refractivity contribution is 6.03. The van der Waals surface area contributed by atoms with Gasteiger partial charge in [0.1, 0.15) is 11.3 Å². The maximum absolute atomic E-state index is 12.6. The molecule has 1 fully saturated rings. The first-order valence-corrected chi connectivity index (χ1v) is 8.24. The van der Waals surface area contributed by atoms with Gasteiger partial charge >= 0.3 is 5.97 Å². The Kier molecular flexibility index (Phi) is 5.58. The molecule has 0 bridgehead atoms. The van der Waals surface area contributed by atoms with Gasteiger partial charge < -0.3 is 14.9 Å². The second-order valence-corrected chi connectivity index (χ2v) is 5.97. The smallest absolute Gasteiger partial charge is 0.339 e. The number of aromatic carboxylic acids is 1. The van der Waals surface area contributed by atoms with Crippen LogP contribution in [0.25, 0.3) is 0 Å². The molecule has 2 rings (SSSR count). The van der Waals surface area contributed by atoms with Crippen molar-refractivity contribution in [3.8, 4) is 0 Å². The fraction of sp³-hybridized carbons (Fsp3) is 0.625. The largest absolute Gasteiger partial charge is 0.478 e. The summed E-state index contributed by atoms with van der Waals surface area (Å²) in [6.07, 6.45) is 2.80. The average molecular weight is 336 g/mol. The Morgan fingerprint density at radius 1 is 1.12 bits per heavy atom. The predicted octanol–water partition coefficient (Wildman–Crippen LogP) is 0.839. The molecule has 1 aliphatic heterocycles. The van der Waals surface area contributed by atoms with Crippen LogP contribution in [-0.2, 0) is 11.8 Å². The molecular formula is C16H24N4O4. The number of hydrogen-bond donors (Lipinski definition) is 1. The van der Waals surface area contributed by atoms with E-state index in [1.165, 1.54) is 10.9 Å². The minimum Gasteiger partial charge on any atom is -0.478 e. The number of nitrogens with zero attached hydrogens (tertiary/aromatic N) is 4. The molecule has 2 amide bonds. The van der Waals surface area contributed by atoms with Gasteiger partial charge in [0.2, 0.25) is 5.91 Å². The minimum atomic E-state index is -1.17.